The number of pyridine rings is 1. The molecular formula is C14H15NO2. The van der Waals surface area contributed by atoms with Crippen LogP contribution in [0.5, 0.6) is 0 Å². The molecule has 3 heteroatoms. The highest BCUT2D eigenvalue weighted by Crippen LogP contribution is 2.23. The third-order valence-corrected chi connectivity index (χ3v) is 3.40. The van der Waals surface area contributed by atoms with Crippen molar-refractivity contribution in [3.63, 3.8) is 0 Å². The summed E-state index contributed by atoms with van der Waals surface area (Å²) in [5, 5.41) is 1.15. The average Bonchev–Trinajstić information content (AvgIpc) is 2.36. The molecule has 0 saturated heterocycles. The van der Waals surface area contributed by atoms with Crippen LogP contribution in [0.15, 0.2) is 29.1 Å². The predicted molar refractivity (Wildman–Crippen MR) is 67.2 cm³/mol. The van der Waals surface area contributed by atoms with Gasteiger partial charge < -0.3 is 9.30 Å². The van der Waals surface area contributed by atoms with E-state index in [9.17, 15) is 4.79 Å². The predicted octanol–water partition coefficient (Wildman–Crippen LogP) is 2.09. The maximum Gasteiger partial charge on any atom is 0.256 e. The molecule has 0 amide bonds. The lowest BCUT2D eigenvalue weighted by Crippen LogP contribution is -2.27. The van der Waals surface area contributed by atoms with Crippen LogP contribution in [0, 0.1) is 0 Å². The standard InChI is InChI=1S/C14H15NO2/c1-17-9-12-8-11-5-2-4-10-6-3-7-15(13(10)11)14(12)16/h2,4-5,8H,3,6-7,9H2,1H3. The molecule has 0 fully saturated rings. The van der Waals surface area contributed by atoms with E-state index < -0.39 is 0 Å². The van der Waals surface area contributed by atoms with Gasteiger partial charge in [0.05, 0.1) is 12.1 Å². The Bertz CT molecular complexity index is 628. The van der Waals surface area contributed by atoms with Crippen LogP contribution in [0.1, 0.15) is 17.5 Å². The monoisotopic (exact) mass is 229 g/mol. The lowest BCUT2D eigenvalue weighted by atomic mass is 10.0. The van der Waals surface area contributed by atoms with E-state index in [1.165, 1.54) is 5.56 Å². The summed E-state index contributed by atoms with van der Waals surface area (Å²) in [6.45, 7) is 1.21. The van der Waals surface area contributed by atoms with Gasteiger partial charge in [-0.3, -0.25) is 4.79 Å². The number of benzene rings is 1. The molecule has 1 aliphatic heterocycles. The Balaban J connectivity index is 2.38. The lowest BCUT2D eigenvalue weighted by Gasteiger charge is -2.20. The van der Waals surface area contributed by atoms with E-state index in [-0.39, 0.29) is 5.56 Å². The smallest absolute Gasteiger partial charge is 0.256 e. The second kappa shape index (κ2) is 4.00. The van der Waals surface area contributed by atoms with Crippen molar-refractivity contribution in [2.24, 2.45) is 0 Å². The van der Waals surface area contributed by atoms with Gasteiger partial charge >= 0.3 is 0 Å². The molecule has 0 aliphatic carbocycles. The van der Waals surface area contributed by atoms with Crippen LogP contribution in [-0.4, -0.2) is 11.7 Å². The van der Waals surface area contributed by atoms with Gasteiger partial charge in [-0.2, -0.15) is 0 Å². The van der Waals surface area contributed by atoms with Crippen LogP contribution >= 0.6 is 0 Å². The molecule has 0 saturated carbocycles. The fourth-order valence-corrected chi connectivity index (χ4v) is 2.68. The minimum Gasteiger partial charge on any atom is -0.380 e. The molecule has 0 atom stereocenters. The van der Waals surface area contributed by atoms with Crippen molar-refractivity contribution < 1.29 is 4.74 Å². The van der Waals surface area contributed by atoms with E-state index in [0.717, 1.165) is 35.9 Å². The van der Waals surface area contributed by atoms with Crippen molar-refractivity contribution >= 4 is 10.9 Å². The average molecular weight is 229 g/mol. The van der Waals surface area contributed by atoms with Crippen LogP contribution in [0.3, 0.4) is 0 Å². The third kappa shape index (κ3) is 1.58. The molecule has 3 nitrogen and oxygen atoms in total. The van der Waals surface area contributed by atoms with Crippen molar-refractivity contribution in [1.82, 2.24) is 4.57 Å². The van der Waals surface area contributed by atoms with Crippen molar-refractivity contribution in [2.75, 3.05) is 7.11 Å². The van der Waals surface area contributed by atoms with Gasteiger partial charge in [0, 0.05) is 19.2 Å². The largest absolute Gasteiger partial charge is 0.380 e. The number of ether oxygens (including phenoxy) is 1. The molecule has 88 valence electrons. The lowest BCUT2D eigenvalue weighted by molar-refractivity contribution is 0.183. The fourth-order valence-electron chi connectivity index (χ4n) is 2.68. The maximum atomic E-state index is 12.3. The SMILES string of the molecule is COCc1cc2cccc3c2n(c1=O)CCC3. The summed E-state index contributed by atoms with van der Waals surface area (Å²) in [5.41, 5.74) is 3.25. The van der Waals surface area contributed by atoms with Gasteiger partial charge in [-0.25, -0.2) is 0 Å². The molecular weight excluding hydrogens is 214 g/mol. The summed E-state index contributed by atoms with van der Waals surface area (Å²) in [6, 6.07) is 8.22. The molecule has 2 aromatic rings. The topological polar surface area (TPSA) is 31.2 Å². The van der Waals surface area contributed by atoms with Gasteiger partial charge in [-0.05, 0) is 29.9 Å². The number of aromatic nitrogens is 1. The normalized spacial score (nSPS) is 14.2. The van der Waals surface area contributed by atoms with E-state index in [0.29, 0.717) is 6.61 Å². The summed E-state index contributed by atoms with van der Waals surface area (Å²) in [7, 11) is 1.62. The Morgan fingerprint density at radius 3 is 3.12 bits per heavy atom. The molecule has 0 bridgehead atoms. The van der Waals surface area contributed by atoms with Crippen molar-refractivity contribution in [2.45, 2.75) is 26.0 Å². The first kappa shape index (κ1) is 10.5. The van der Waals surface area contributed by atoms with Gasteiger partial charge in [-0.1, -0.05) is 18.2 Å². The van der Waals surface area contributed by atoms with Crippen molar-refractivity contribution in [3.05, 3.63) is 45.7 Å². The van der Waals surface area contributed by atoms with Crippen molar-refractivity contribution in [1.29, 1.82) is 0 Å². The Morgan fingerprint density at radius 1 is 1.41 bits per heavy atom. The van der Waals surface area contributed by atoms with Crippen LogP contribution in [0.2, 0.25) is 0 Å². The zero-order chi connectivity index (χ0) is 11.8. The zero-order valence-electron chi connectivity index (χ0n) is 9.90. The van der Waals surface area contributed by atoms with Crippen molar-refractivity contribution in [3.8, 4) is 0 Å². The number of para-hydroxylation sites is 1. The quantitative estimate of drug-likeness (QED) is 0.789. The Morgan fingerprint density at radius 2 is 2.29 bits per heavy atom. The van der Waals surface area contributed by atoms with Gasteiger partial charge in [0.2, 0.25) is 0 Å². The maximum absolute atomic E-state index is 12.3. The molecule has 2 heterocycles. The molecule has 3 rings (SSSR count). The highest BCUT2D eigenvalue weighted by Gasteiger charge is 2.15. The third-order valence-electron chi connectivity index (χ3n) is 3.40. The van der Waals surface area contributed by atoms with Crippen LogP contribution in [0.4, 0.5) is 0 Å². The Labute approximate surface area is 99.6 Å². The molecule has 1 aromatic heterocycles. The van der Waals surface area contributed by atoms with E-state index in [1.807, 2.05) is 10.6 Å². The second-order valence-electron chi connectivity index (χ2n) is 4.52. The number of aryl methyl sites for hydroxylation is 2. The molecule has 0 radical (unpaired) electrons. The van der Waals surface area contributed by atoms with Gasteiger partial charge in [-0.15, -0.1) is 0 Å². The molecule has 1 aliphatic rings. The van der Waals surface area contributed by atoms with E-state index in [4.69, 9.17) is 4.74 Å². The number of methoxy groups -OCH3 is 1. The first-order valence-corrected chi connectivity index (χ1v) is 5.94. The molecule has 0 N–H and O–H groups in total. The first-order valence-electron chi connectivity index (χ1n) is 5.94. The van der Waals surface area contributed by atoms with Crippen LogP contribution < -0.4 is 5.56 Å². The minimum atomic E-state index is 0.103. The van der Waals surface area contributed by atoms with Crippen LogP contribution in [0.25, 0.3) is 10.9 Å². The second-order valence-corrected chi connectivity index (χ2v) is 4.52. The minimum absolute atomic E-state index is 0.103. The van der Waals surface area contributed by atoms with Crippen LogP contribution in [-0.2, 0) is 24.3 Å². The first-order chi connectivity index (χ1) is 8.31. The van der Waals surface area contributed by atoms with Gasteiger partial charge in [0.25, 0.3) is 5.56 Å². The zero-order valence-corrected chi connectivity index (χ0v) is 9.90. The summed E-state index contributed by atoms with van der Waals surface area (Å²) in [4.78, 5) is 12.3. The fraction of sp³-hybridized carbons (Fsp3) is 0.357. The highest BCUT2D eigenvalue weighted by molar-refractivity contribution is 5.83. The number of hydrogen-bond acceptors (Lipinski definition) is 2. The van der Waals surface area contributed by atoms with Gasteiger partial charge in [0.15, 0.2) is 0 Å². The molecule has 0 unspecified atom stereocenters. The molecule has 0 spiro atoms. The van der Waals surface area contributed by atoms with Gasteiger partial charge in [0.1, 0.15) is 0 Å². The Kier molecular flexibility index (Phi) is 2.48. The molecule has 1 aromatic carbocycles. The number of rotatable bonds is 2. The number of hydrogen-bond donors (Lipinski definition) is 0. The van der Waals surface area contributed by atoms with E-state index >= 15 is 0 Å². The highest BCUT2D eigenvalue weighted by atomic mass is 16.5. The summed E-state index contributed by atoms with van der Waals surface area (Å²) < 4.78 is 7.00. The molecule has 17 heavy (non-hydrogen) atoms. The van der Waals surface area contributed by atoms with E-state index in [2.05, 4.69) is 18.2 Å². The summed E-state index contributed by atoms with van der Waals surface area (Å²) in [6.07, 6.45) is 2.11. The number of nitrogens with zero attached hydrogens (tertiary/aromatic N) is 1. The Hall–Kier alpha value is -1.61. The van der Waals surface area contributed by atoms with E-state index in [1.54, 1.807) is 7.11 Å². The summed E-state index contributed by atoms with van der Waals surface area (Å²) in [5.74, 6) is 0. The summed E-state index contributed by atoms with van der Waals surface area (Å²) >= 11 is 0.